The summed E-state index contributed by atoms with van der Waals surface area (Å²) in [5.74, 6) is 3.27. The van der Waals surface area contributed by atoms with Crippen molar-refractivity contribution in [2.75, 3.05) is 0 Å². The molecule has 0 aliphatic heterocycles. The van der Waals surface area contributed by atoms with Crippen LogP contribution >= 0.6 is 0 Å². The van der Waals surface area contributed by atoms with Gasteiger partial charge in [-0.1, -0.05) is 51.9 Å². The molecule has 0 aromatic heterocycles. The Kier molecular flexibility index (Phi) is 3.29. The fraction of sp³-hybridized carbons (Fsp3) is 1.00. The molecular formula is C13H24. The minimum atomic E-state index is 1.04. The molecular weight excluding hydrogens is 156 g/mol. The van der Waals surface area contributed by atoms with Crippen LogP contribution in [-0.4, -0.2) is 0 Å². The molecule has 0 amide bonds. The van der Waals surface area contributed by atoms with Crippen molar-refractivity contribution in [3.63, 3.8) is 0 Å². The Labute approximate surface area is 83.1 Å². The summed E-state index contributed by atoms with van der Waals surface area (Å²) < 4.78 is 0. The van der Waals surface area contributed by atoms with Crippen LogP contribution in [0.1, 0.15) is 64.7 Å². The highest BCUT2D eigenvalue weighted by atomic mass is 14.4. The summed E-state index contributed by atoms with van der Waals surface area (Å²) in [6.07, 6.45) is 13.8. The molecule has 0 aromatic carbocycles. The molecule has 0 heterocycles. The summed E-state index contributed by atoms with van der Waals surface area (Å²) in [5, 5.41) is 0. The third kappa shape index (κ3) is 2.48. The van der Waals surface area contributed by atoms with Gasteiger partial charge in [0.05, 0.1) is 0 Å². The molecule has 2 saturated carbocycles. The largest absolute Gasteiger partial charge is 0.0625 e. The molecule has 0 radical (unpaired) electrons. The van der Waals surface area contributed by atoms with Crippen LogP contribution in [0.3, 0.4) is 0 Å². The summed E-state index contributed by atoms with van der Waals surface area (Å²) in [6, 6.07) is 0. The van der Waals surface area contributed by atoms with Crippen LogP contribution in [0.5, 0.6) is 0 Å². The predicted molar refractivity (Wildman–Crippen MR) is 57.7 cm³/mol. The van der Waals surface area contributed by atoms with Gasteiger partial charge < -0.3 is 0 Å². The summed E-state index contributed by atoms with van der Waals surface area (Å²) in [7, 11) is 0. The van der Waals surface area contributed by atoms with Crippen LogP contribution in [0.15, 0.2) is 0 Å². The van der Waals surface area contributed by atoms with Crippen molar-refractivity contribution in [1.29, 1.82) is 0 Å². The van der Waals surface area contributed by atoms with Gasteiger partial charge in [-0.15, -0.1) is 0 Å². The monoisotopic (exact) mass is 180 g/mol. The smallest absolute Gasteiger partial charge is 0.0383 e. The van der Waals surface area contributed by atoms with Gasteiger partial charge in [-0.05, 0) is 30.6 Å². The van der Waals surface area contributed by atoms with Crippen LogP contribution in [-0.2, 0) is 0 Å². The van der Waals surface area contributed by atoms with E-state index in [2.05, 4.69) is 6.92 Å². The fourth-order valence-corrected chi connectivity index (χ4v) is 3.57. The van der Waals surface area contributed by atoms with E-state index in [0.29, 0.717) is 0 Å². The Hall–Kier alpha value is 0. The lowest BCUT2D eigenvalue weighted by Gasteiger charge is -2.17. The van der Waals surface area contributed by atoms with Gasteiger partial charge in [0, 0.05) is 0 Å². The minimum absolute atomic E-state index is 1.04. The SMILES string of the molecule is CC1CC2CCCCCCCC2C1. The van der Waals surface area contributed by atoms with Gasteiger partial charge in [0.15, 0.2) is 0 Å². The molecule has 13 heavy (non-hydrogen) atoms. The molecule has 2 atom stereocenters. The first-order chi connectivity index (χ1) is 6.36. The van der Waals surface area contributed by atoms with E-state index in [9.17, 15) is 0 Å². The van der Waals surface area contributed by atoms with Crippen molar-refractivity contribution in [3.8, 4) is 0 Å². The van der Waals surface area contributed by atoms with E-state index < -0.39 is 0 Å². The van der Waals surface area contributed by atoms with Gasteiger partial charge >= 0.3 is 0 Å². The second-order valence-electron chi connectivity index (χ2n) is 5.44. The first-order valence-corrected chi connectivity index (χ1v) is 6.36. The van der Waals surface area contributed by atoms with Crippen LogP contribution < -0.4 is 0 Å². The number of fused-ring (bicyclic) bond motifs is 1. The van der Waals surface area contributed by atoms with Crippen LogP contribution in [0.25, 0.3) is 0 Å². The van der Waals surface area contributed by atoms with Gasteiger partial charge in [-0.3, -0.25) is 0 Å². The quantitative estimate of drug-likeness (QED) is 0.518. The molecule has 0 heteroatoms. The second-order valence-corrected chi connectivity index (χ2v) is 5.44. The first-order valence-electron chi connectivity index (χ1n) is 6.36. The van der Waals surface area contributed by atoms with Crippen molar-refractivity contribution in [3.05, 3.63) is 0 Å². The molecule has 76 valence electrons. The Balaban J connectivity index is 1.90. The molecule has 2 aliphatic rings. The number of hydrogen-bond acceptors (Lipinski definition) is 0. The van der Waals surface area contributed by atoms with E-state index in [4.69, 9.17) is 0 Å². The number of rotatable bonds is 0. The zero-order valence-corrected chi connectivity index (χ0v) is 9.10. The molecule has 0 spiro atoms. The third-order valence-corrected chi connectivity index (χ3v) is 4.23. The van der Waals surface area contributed by atoms with Gasteiger partial charge in [0.25, 0.3) is 0 Å². The summed E-state index contributed by atoms with van der Waals surface area (Å²) in [6.45, 7) is 2.46. The Bertz CT molecular complexity index is 134. The van der Waals surface area contributed by atoms with Gasteiger partial charge in [-0.2, -0.15) is 0 Å². The molecule has 0 N–H and O–H groups in total. The van der Waals surface area contributed by atoms with Crippen molar-refractivity contribution in [1.82, 2.24) is 0 Å². The molecule has 2 aliphatic carbocycles. The summed E-state index contributed by atoms with van der Waals surface area (Å²) in [5.41, 5.74) is 0. The number of hydrogen-bond donors (Lipinski definition) is 0. The van der Waals surface area contributed by atoms with E-state index in [-0.39, 0.29) is 0 Å². The molecule has 2 rings (SSSR count). The lowest BCUT2D eigenvalue weighted by molar-refractivity contribution is 0.339. The van der Waals surface area contributed by atoms with Crippen molar-refractivity contribution in [2.24, 2.45) is 17.8 Å². The zero-order chi connectivity index (χ0) is 9.10. The normalized spacial score (nSPS) is 41.8. The van der Waals surface area contributed by atoms with Crippen molar-refractivity contribution in [2.45, 2.75) is 64.7 Å². The van der Waals surface area contributed by atoms with Crippen LogP contribution in [0, 0.1) is 17.8 Å². The zero-order valence-electron chi connectivity index (χ0n) is 9.10. The Morgan fingerprint density at radius 1 is 0.692 bits per heavy atom. The molecule has 2 fully saturated rings. The van der Waals surface area contributed by atoms with Crippen LogP contribution in [0.2, 0.25) is 0 Å². The molecule has 0 aromatic rings. The van der Waals surface area contributed by atoms with E-state index >= 15 is 0 Å². The first kappa shape index (κ1) is 9.55. The second kappa shape index (κ2) is 4.48. The maximum Gasteiger partial charge on any atom is -0.0383 e. The maximum atomic E-state index is 2.46. The van der Waals surface area contributed by atoms with E-state index in [1.54, 1.807) is 25.7 Å². The minimum Gasteiger partial charge on any atom is -0.0625 e. The van der Waals surface area contributed by atoms with Gasteiger partial charge in [0.1, 0.15) is 0 Å². The standard InChI is InChI=1S/C13H24/c1-11-9-12-7-5-3-2-4-6-8-13(12)10-11/h11-13H,2-10H2,1H3. The van der Waals surface area contributed by atoms with Gasteiger partial charge in [0.2, 0.25) is 0 Å². The van der Waals surface area contributed by atoms with Crippen molar-refractivity contribution < 1.29 is 0 Å². The highest BCUT2D eigenvalue weighted by Gasteiger charge is 2.31. The molecule has 0 bridgehead atoms. The fourth-order valence-electron chi connectivity index (χ4n) is 3.57. The van der Waals surface area contributed by atoms with E-state index in [1.807, 2.05) is 0 Å². The predicted octanol–water partition coefficient (Wildman–Crippen LogP) is 4.39. The molecule has 0 saturated heterocycles. The maximum absolute atomic E-state index is 2.46. The lowest BCUT2D eigenvalue weighted by atomic mass is 9.89. The average Bonchev–Trinajstić information content (AvgIpc) is 2.46. The van der Waals surface area contributed by atoms with E-state index in [0.717, 1.165) is 17.8 Å². The highest BCUT2D eigenvalue weighted by molar-refractivity contribution is 4.82. The average molecular weight is 180 g/mol. The highest BCUT2D eigenvalue weighted by Crippen LogP contribution is 2.42. The van der Waals surface area contributed by atoms with Crippen molar-refractivity contribution >= 4 is 0 Å². The van der Waals surface area contributed by atoms with E-state index in [1.165, 1.54) is 32.1 Å². The topological polar surface area (TPSA) is 0 Å². The summed E-state index contributed by atoms with van der Waals surface area (Å²) >= 11 is 0. The Morgan fingerprint density at radius 2 is 1.15 bits per heavy atom. The van der Waals surface area contributed by atoms with Crippen LogP contribution in [0.4, 0.5) is 0 Å². The summed E-state index contributed by atoms with van der Waals surface area (Å²) in [4.78, 5) is 0. The van der Waals surface area contributed by atoms with Gasteiger partial charge in [-0.25, -0.2) is 0 Å². The molecule has 0 nitrogen and oxygen atoms in total. The third-order valence-electron chi connectivity index (χ3n) is 4.23. The molecule has 2 unspecified atom stereocenters. The lowest BCUT2D eigenvalue weighted by Crippen LogP contribution is -2.06. The Morgan fingerprint density at radius 3 is 1.69 bits per heavy atom.